The predicted octanol–water partition coefficient (Wildman–Crippen LogP) is 2.27. The van der Waals surface area contributed by atoms with E-state index in [1.165, 1.54) is 5.56 Å². The van der Waals surface area contributed by atoms with Crippen molar-refractivity contribution in [2.75, 3.05) is 20.2 Å². The Morgan fingerprint density at radius 1 is 1.08 bits per heavy atom. The maximum Gasteiger partial charge on any atom is 0.255 e. The first-order valence-corrected chi connectivity index (χ1v) is 8.03. The molecule has 0 unspecified atom stereocenters. The fourth-order valence-corrected chi connectivity index (χ4v) is 2.18. The molecule has 0 atom stereocenters. The van der Waals surface area contributed by atoms with Crippen molar-refractivity contribution in [3.8, 4) is 5.75 Å². The summed E-state index contributed by atoms with van der Waals surface area (Å²) in [5.41, 5.74) is 7.10. The van der Waals surface area contributed by atoms with Crippen molar-refractivity contribution in [1.82, 2.24) is 4.90 Å². The van der Waals surface area contributed by atoms with Crippen molar-refractivity contribution >= 4 is 17.9 Å². The third-order valence-corrected chi connectivity index (χ3v) is 3.63. The number of benzene rings is 2. The van der Waals surface area contributed by atoms with E-state index in [2.05, 4.69) is 12.1 Å². The quantitative estimate of drug-likeness (QED) is 0.751. The Morgan fingerprint density at radius 2 is 1.76 bits per heavy atom. The molecule has 2 rings (SSSR count). The van der Waals surface area contributed by atoms with Gasteiger partial charge in [0, 0.05) is 19.7 Å². The predicted molar refractivity (Wildman–Crippen MR) is 97.9 cm³/mol. The highest BCUT2D eigenvalue weighted by Gasteiger charge is 2.05. The van der Waals surface area contributed by atoms with E-state index in [0.29, 0.717) is 12.3 Å². The number of rotatable bonds is 8. The number of amides is 2. The lowest BCUT2D eigenvalue weighted by Crippen LogP contribution is -2.27. The monoisotopic (exact) mass is 338 g/mol. The minimum atomic E-state index is -0.520. The Morgan fingerprint density at radius 3 is 2.40 bits per heavy atom. The molecule has 0 radical (unpaired) electrons. The molecule has 0 aliphatic rings. The summed E-state index contributed by atoms with van der Waals surface area (Å²) >= 11 is 0. The van der Waals surface area contributed by atoms with Crippen LogP contribution in [0.4, 0.5) is 0 Å². The summed E-state index contributed by atoms with van der Waals surface area (Å²) in [6, 6.07) is 17.1. The topological polar surface area (TPSA) is 72.6 Å². The zero-order chi connectivity index (χ0) is 18.1. The van der Waals surface area contributed by atoms with E-state index >= 15 is 0 Å². The molecule has 0 aliphatic heterocycles. The molecular weight excluding hydrogens is 316 g/mol. The Bertz CT molecular complexity index is 724. The molecule has 0 aromatic heterocycles. The molecule has 5 heteroatoms. The number of hydrogen-bond acceptors (Lipinski definition) is 3. The summed E-state index contributed by atoms with van der Waals surface area (Å²) in [6.45, 7) is 0.507. The summed E-state index contributed by atoms with van der Waals surface area (Å²) in [6.07, 6.45) is 4.12. The molecule has 2 aromatic rings. The Kier molecular flexibility index (Phi) is 6.77. The second kappa shape index (κ2) is 9.27. The van der Waals surface area contributed by atoms with Crippen LogP contribution < -0.4 is 10.5 Å². The first-order chi connectivity index (χ1) is 12.0. The fraction of sp³-hybridized carbons (Fsp3) is 0.200. The summed E-state index contributed by atoms with van der Waals surface area (Å²) in [4.78, 5) is 24.5. The van der Waals surface area contributed by atoms with Crippen LogP contribution in [-0.2, 0) is 16.0 Å². The van der Waals surface area contributed by atoms with Gasteiger partial charge in [0.2, 0.25) is 5.91 Å². The van der Waals surface area contributed by atoms with Crippen LogP contribution in [0.3, 0.4) is 0 Å². The van der Waals surface area contributed by atoms with Crippen LogP contribution in [0, 0.1) is 0 Å². The molecule has 0 saturated heterocycles. The van der Waals surface area contributed by atoms with Gasteiger partial charge in [-0.05, 0) is 35.8 Å². The minimum absolute atomic E-state index is 0.0509. The molecule has 25 heavy (non-hydrogen) atoms. The molecule has 0 fully saturated rings. The highest BCUT2D eigenvalue weighted by Crippen LogP contribution is 2.13. The number of carbonyl (C=O) groups is 2. The Balaban J connectivity index is 1.83. The molecule has 2 N–H and O–H groups in total. The summed E-state index contributed by atoms with van der Waals surface area (Å²) < 4.78 is 5.19. The lowest BCUT2D eigenvalue weighted by atomic mass is 10.1. The molecule has 0 aliphatic carbocycles. The standard InChI is InChI=1S/C20H22N2O3/c1-22(14-13-16-5-3-2-4-6-16)20(24)12-9-17-7-10-18(11-8-17)25-15-19(21)23/h2-12H,13-15H2,1H3,(H2,21,23)/b12-9+. The van der Waals surface area contributed by atoms with E-state index in [-0.39, 0.29) is 12.5 Å². The Labute approximate surface area is 147 Å². The van der Waals surface area contributed by atoms with Gasteiger partial charge in [-0.15, -0.1) is 0 Å². The van der Waals surface area contributed by atoms with Gasteiger partial charge in [0.25, 0.3) is 5.91 Å². The number of nitrogens with two attached hydrogens (primary N) is 1. The van der Waals surface area contributed by atoms with Crippen LogP contribution in [0.2, 0.25) is 0 Å². The van der Waals surface area contributed by atoms with Crippen LogP contribution in [-0.4, -0.2) is 36.9 Å². The normalized spacial score (nSPS) is 10.6. The fourth-order valence-electron chi connectivity index (χ4n) is 2.18. The largest absolute Gasteiger partial charge is 0.484 e. The number of ether oxygens (including phenoxy) is 1. The van der Waals surface area contributed by atoms with Crippen LogP contribution >= 0.6 is 0 Å². The highest BCUT2D eigenvalue weighted by molar-refractivity contribution is 5.91. The smallest absolute Gasteiger partial charge is 0.255 e. The van der Waals surface area contributed by atoms with Gasteiger partial charge in [0.05, 0.1) is 0 Å². The van der Waals surface area contributed by atoms with Crippen molar-refractivity contribution in [1.29, 1.82) is 0 Å². The van der Waals surface area contributed by atoms with E-state index in [1.54, 1.807) is 36.2 Å². The zero-order valence-corrected chi connectivity index (χ0v) is 14.2. The molecule has 2 aromatic carbocycles. The average Bonchev–Trinajstić information content (AvgIpc) is 2.64. The van der Waals surface area contributed by atoms with Gasteiger partial charge in [-0.2, -0.15) is 0 Å². The number of nitrogens with zero attached hydrogens (tertiary/aromatic N) is 1. The Hall–Kier alpha value is -3.08. The van der Waals surface area contributed by atoms with Gasteiger partial charge >= 0.3 is 0 Å². The molecule has 0 saturated carbocycles. The maximum atomic E-state index is 12.1. The number of carbonyl (C=O) groups excluding carboxylic acids is 2. The van der Waals surface area contributed by atoms with Crippen molar-refractivity contribution in [3.05, 3.63) is 71.8 Å². The number of hydrogen-bond donors (Lipinski definition) is 1. The van der Waals surface area contributed by atoms with Crippen LogP contribution in [0.1, 0.15) is 11.1 Å². The van der Waals surface area contributed by atoms with Crippen LogP contribution in [0.25, 0.3) is 6.08 Å². The molecule has 0 bridgehead atoms. The van der Waals surface area contributed by atoms with E-state index in [0.717, 1.165) is 12.0 Å². The van der Waals surface area contributed by atoms with Crippen LogP contribution in [0.5, 0.6) is 5.75 Å². The number of primary amides is 1. The molecule has 0 heterocycles. The van der Waals surface area contributed by atoms with Gasteiger partial charge in [0.15, 0.2) is 6.61 Å². The van der Waals surface area contributed by atoms with Gasteiger partial charge < -0.3 is 15.4 Å². The van der Waals surface area contributed by atoms with Crippen molar-refractivity contribution in [3.63, 3.8) is 0 Å². The molecule has 2 amide bonds. The lowest BCUT2D eigenvalue weighted by Gasteiger charge is -2.14. The van der Waals surface area contributed by atoms with Gasteiger partial charge in [-0.1, -0.05) is 42.5 Å². The second-order valence-electron chi connectivity index (χ2n) is 5.65. The van der Waals surface area contributed by atoms with Crippen molar-refractivity contribution in [2.45, 2.75) is 6.42 Å². The number of likely N-dealkylation sites (N-methyl/N-ethyl adjacent to an activating group) is 1. The SMILES string of the molecule is CN(CCc1ccccc1)C(=O)/C=C/c1ccc(OCC(N)=O)cc1. The van der Waals surface area contributed by atoms with E-state index < -0.39 is 5.91 Å². The lowest BCUT2D eigenvalue weighted by molar-refractivity contribution is -0.124. The molecular formula is C20H22N2O3. The third kappa shape index (κ3) is 6.51. The maximum absolute atomic E-state index is 12.1. The van der Waals surface area contributed by atoms with Crippen LogP contribution in [0.15, 0.2) is 60.7 Å². The average molecular weight is 338 g/mol. The first-order valence-electron chi connectivity index (χ1n) is 8.03. The highest BCUT2D eigenvalue weighted by atomic mass is 16.5. The van der Waals surface area contributed by atoms with E-state index in [4.69, 9.17) is 10.5 Å². The van der Waals surface area contributed by atoms with E-state index in [1.807, 2.05) is 30.3 Å². The molecule has 0 spiro atoms. The van der Waals surface area contributed by atoms with Crippen molar-refractivity contribution in [2.24, 2.45) is 5.73 Å². The van der Waals surface area contributed by atoms with Gasteiger partial charge in [-0.25, -0.2) is 0 Å². The molecule has 5 nitrogen and oxygen atoms in total. The summed E-state index contributed by atoms with van der Waals surface area (Å²) in [7, 11) is 1.79. The van der Waals surface area contributed by atoms with E-state index in [9.17, 15) is 9.59 Å². The summed E-state index contributed by atoms with van der Waals surface area (Å²) in [5.74, 6) is -0.0136. The van der Waals surface area contributed by atoms with Gasteiger partial charge in [-0.3, -0.25) is 9.59 Å². The second-order valence-corrected chi connectivity index (χ2v) is 5.65. The third-order valence-electron chi connectivity index (χ3n) is 3.63. The minimum Gasteiger partial charge on any atom is -0.484 e. The van der Waals surface area contributed by atoms with Gasteiger partial charge in [0.1, 0.15) is 5.75 Å². The zero-order valence-electron chi connectivity index (χ0n) is 14.2. The first kappa shape index (κ1) is 18.3. The molecule has 130 valence electrons. The summed E-state index contributed by atoms with van der Waals surface area (Å²) in [5, 5.41) is 0. The van der Waals surface area contributed by atoms with Crippen molar-refractivity contribution < 1.29 is 14.3 Å².